The number of nitrogens with zero attached hydrogens (tertiary/aromatic N) is 2. The van der Waals surface area contributed by atoms with Crippen molar-refractivity contribution in [2.24, 2.45) is 5.92 Å². The number of carbonyl (C=O) groups is 1. The second-order valence-electron chi connectivity index (χ2n) is 9.28. The Morgan fingerprint density at radius 1 is 1.27 bits per heavy atom. The van der Waals surface area contributed by atoms with E-state index in [0.717, 1.165) is 42.3 Å². The van der Waals surface area contributed by atoms with E-state index in [2.05, 4.69) is 24.2 Å². The minimum absolute atomic E-state index is 0.0458. The Hall–Kier alpha value is -2.53. The van der Waals surface area contributed by atoms with Gasteiger partial charge in [-0.3, -0.25) is 4.79 Å². The van der Waals surface area contributed by atoms with Crippen molar-refractivity contribution in [3.05, 3.63) is 59.5 Å². The van der Waals surface area contributed by atoms with Crippen LogP contribution in [0, 0.1) is 11.7 Å². The van der Waals surface area contributed by atoms with Gasteiger partial charge in [-0.1, -0.05) is 6.92 Å². The lowest BCUT2D eigenvalue weighted by molar-refractivity contribution is -0.146. The number of ketones is 1. The Labute approximate surface area is 175 Å². The first-order chi connectivity index (χ1) is 14.3. The van der Waals surface area contributed by atoms with Crippen LogP contribution in [-0.4, -0.2) is 26.3 Å². The molecule has 2 aromatic carbocycles. The molecule has 30 heavy (non-hydrogen) atoms. The van der Waals surface area contributed by atoms with Gasteiger partial charge in [0, 0.05) is 17.2 Å². The van der Waals surface area contributed by atoms with Crippen LogP contribution in [0.25, 0.3) is 16.6 Å². The van der Waals surface area contributed by atoms with Gasteiger partial charge in [0.2, 0.25) is 0 Å². The summed E-state index contributed by atoms with van der Waals surface area (Å²) in [4.78, 5) is 12.8. The number of hydrogen-bond acceptors (Lipinski definition) is 3. The summed E-state index contributed by atoms with van der Waals surface area (Å²) in [5.41, 5.74) is 2.90. The first-order valence-electron chi connectivity index (χ1n) is 10.9. The van der Waals surface area contributed by atoms with Crippen LogP contribution >= 0.6 is 0 Å². The molecule has 4 nitrogen and oxygen atoms in total. The normalized spacial score (nSPS) is 28.8. The van der Waals surface area contributed by atoms with Gasteiger partial charge >= 0.3 is 0 Å². The van der Waals surface area contributed by atoms with Crippen molar-refractivity contribution >= 4 is 16.7 Å². The lowest BCUT2D eigenvalue weighted by Crippen LogP contribution is -2.52. The van der Waals surface area contributed by atoms with Gasteiger partial charge in [-0.2, -0.15) is 5.10 Å². The van der Waals surface area contributed by atoms with E-state index >= 15 is 0 Å². The first-order valence-corrected chi connectivity index (χ1v) is 10.9. The third kappa shape index (κ3) is 2.83. The molecule has 0 bridgehead atoms. The quantitative estimate of drug-likeness (QED) is 0.660. The van der Waals surface area contributed by atoms with Crippen molar-refractivity contribution in [1.29, 1.82) is 0 Å². The molecular formula is C25H27FN2O2. The summed E-state index contributed by atoms with van der Waals surface area (Å²) in [6, 6.07) is 10.8. The molecule has 3 atom stereocenters. The highest BCUT2D eigenvalue weighted by Gasteiger charge is 2.52. The highest BCUT2D eigenvalue weighted by Crippen LogP contribution is 2.52. The van der Waals surface area contributed by atoms with Crippen LogP contribution in [0.2, 0.25) is 0 Å². The van der Waals surface area contributed by atoms with Crippen molar-refractivity contribution in [2.45, 2.75) is 63.4 Å². The summed E-state index contributed by atoms with van der Waals surface area (Å²) < 4.78 is 15.2. The van der Waals surface area contributed by atoms with Gasteiger partial charge in [0.25, 0.3) is 0 Å². The maximum absolute atomic E-state index is 13.4. The predicted molar refractivity (Wildman–Crippen MR) is 114 cm³/mol. The smallest absolute Gasteiger partial charge is 0.164 e. The molecule has 3 aromatic rings. The van der Waals surface area contributed by atoms with E-state index in [9.17, 15) is 14.3 Å². The molecule has 0 saturated heterocycles. The van der Waals surface area contributed by atoms with E-state index < -0.39 is 5.60 Å². The third-order valence-electron chi connectivity index (χ3n) is 7.53. The standard InChI is InChI=1S/C25H27FN2O2/c1-3-25-14-23(29)24(2,30)13-18(25)6-4-5-16-12-22-17(11-21(16)25)15-27-28(22)20-9-7-19(26)8-10-20/h7-12,15,18,30H,3-6,13-14H2,1-2H3/t18-,24+,25+/m0/s1. The Morgan fingerprint density at radius 2 is 2.03 bits per heavy atom. The van der Waals surface area contributed by atoms with E-state index in [0.29, 0.717) is 18.8 Å². The number of benzene rings is 2. The van der Waals surface area contributed by atoms with Gasteiger partial charge in [0.15, 0.2) is 5.78 Å². The molecule has 1 fully saturated rings. The van der Waals surface area contributed by atoms with Gasteiger partial charge in [-0.15, -0.1) is 0 Å². The monoisotopic (exact) mass is 406 g/mol. The van der Waals surface area contributed by atoms with Gasteiger partial charge in [-0.25, -0.2) is 9.07 Å². The Balaban J connectivity index is 1.67. The van der Waals surface area contributed by atoms with Gasteiger partial charge in [0.1, 0.15) is 11.4 Å². The van der Waals surface area contributed by atoms with E-state index in [1.165, 1.54) is 23.3 Å². The van der Waals surface area contributed by atoms with E-state index in [4.69, 9.17) is 0 Å². The van der Waals surface area contributed by atoms with Crippen LogP contribution in [0.5, 0.6) is 0 Å². The molecule has 156 valence electrons. The van der Waals surface area contributed by atoms with Crippen LogP contribution < -0.4 is 0 Å². The average Bonchev–Trinajstić information content (AvgIpc) is 3.07. The summed E-state index contributed by atoms with van der Waals surface area (Å²) >= 11 is 0. The van der Waals surface area contributed by atoms with Crippen LogP contribution in [0.15, 0.2) is 42.6 Å². The summed E-state index contributed by atoms with van der Waals surface area (Å²) in [5.74, 6) is -0.0190. The molecule has 1 heterocycles. The molecule has 2 aliphatic carbocycles. The number of hydrogen-bond donors (Lipinski definition) is 1. The molecule has 1 saturated carbocycles. The Kier molecular flexibility index (Phi) is 4.37. The molecular weight excluding hydrogens is 379 g/mol. The minimum atomic E-state index is -1.22. The zero-order valence-electron chi connectivity index (χ0n) is 17.5. The topological polar surface area (TPSA) is 55.1 Å². The van der Waals surface area contributed by atoms with Crippen LogP contribution in [-0.2, 0) is 16.6 Å². The first kappa shape index (κ1) is 19.4. The fraction of sp³-hybridized carbons (Fsp3) is 0.440. The fourth-order valence-electron chi connectivity index (χ4n) is 5.82. The SMILES string of the molecule is CC[C@@]12CC(=O)[C@](C)(O)C[C@@H]1CCCc1cc3c(cnn3-c3ccc(F)cc3)cc12. The number of Topliss-reactive ketones (excluding diaryl/α,β-unsaturated/α-hetero) is 1. The van der Waals surface area contributed by atoms with Crippen molar-refractivity contribution in [3.8, 4) is 5.69 Å². The molecule has 5 rings (SSSR count). The van der Waals surface area contributed by atoms with Crippen molar-refractivity contribution in [2.75, 3.05) is 0 Å². The van der Waals surface area contributed by atoms with E-state index in [1.807, 2.05) is 10.9 Å². The lowest BCUT2D eigenvalue weighted by atomic mass is 9.56. The molecule has 1 aromatic heterocycles. The maximum Gasteiger partial charge on any atom is 0.164 e. The molecule has 2 aliphatic rings. The largest absolute Gasteiger partial charge is 0.382 e. The molecule has 0 spiro atoms. The fourth-order valence-corrected chi connectivity index (χ4v) is 5.82. The zero-order valence-corrected chi connectivity index (χ0v) is 17.5. The zero-order chi connectivity index (χ0) is 21.1. The van der Waals surface area contributed by atoms with E-state index in [1.54, 1.807) is 19.1 Å². The summed E-state index contributed by atoms with van der Waals surface area (Å²) in [6.07, 6.45) is 6.67. The number of aromatic nitrogens is 2. The number of aliphatic hydroxyl groups is 1. The summed E-state index contributed by atoms with van der Waals surface area (Å²) in [5, 5.41) is 16.3. The molecule has 0 radical (unpaired) electrons. The van der Waals surface area contributed by atoms with Crippen molar-refractivity contribution < 1.29 is 14.3 Å². The third-order valence-corrected chi connectivity index (χ3v) is 7.53. The number of rotatable bonds is 2. The number of aryl methyl sites for hydroxylation is 1. The summed E-state index contributed by atoms with van der Waals surface area (Å²) in [6.45, 7) is 3.85. The second-order valence-corrected chi connectivity index (χ2v) is 9.28. The molecule has 1 N–H and O–H groups in total. The van der Waals surface area contributed by atoms with Gasteiger partial charge < -0.3 is 5.11 Å². The van der Waals surface area contributed by atoms with Crippen LogP contribution in [0.3, 0.4) is 0 Å². The molecule has 5 heteroatoms. The number of halogens is 1. The summed E-state index contributed by atoms with van der Waals surface area (Å²) in [7, 11) is 0. The predicted octanol–water partition coefficient (Wildman–Crippen LogP) is 4.88. The van der Waals surface area contributed by atoms with Crippen LogP contribution in [0.4, 0.5) is 4.39 Å². The van der Waals surface area contributed by atoms with Crippen molar-refractivity contribution in [3.63, 3.8) is 0 Å². The Bertz CT molecular complexity index is 1130. The van der Waals surface area contributed by atoms with Gasteiger partial charge in [-0.05, 0) is 92.5 Å². The van der Waals surface area contributed by atoms with Gasteiger partial charge in [0.05, 0.1) is 17.4 Å². The van der Waals surface area contributed by atoms with E-state index in [-0.39, 0.29) is 17.0 Å². The minimum Gasteiger partial charge on any atom is -0.382 e. The average molecular weight is 407 g/mol. The Morgan fingerprint density at radius 3 is 2.77 bits per heavy atom. The number of carbonyl (C=O) groups excluding carboxylic acids is 1. The number of fused-ring (bicyclic) bond motifs is 4. The molecule has 0 amide bonds. The second kappa shape index (κ2) is 6.74. The lowest BCUT2D eigenvalue weighted by Gasteiger charge is -2.48. The maximum atomic E-state index is 13.4. The molecule has 0 aliphatic heterocycles. The highest BCUT2D eigenvalue weighted by atomic mass is 19.1. The highest BCUT2D eigenvalue weighted by molar-refractivity contribution is 5.90. The molecule has 0 unspecified atom stereocenters. The van der Waals surface area contributed by atoms with Crippen LogP contribution in [0.1, 0.15) is 57.1 Å². The van der Waals surface area contributed by atoms with Crippen molar-refractivity contribution in [1.82, 2.24) is 9.78 Å².